The van der Waals surface area contributed by atoms with Crippen LogP contribution in [0.1, 0.15) is 6.92 Å². The number of methoxy groups -OCH3 is 1. The van der Waals surface area contributed by atoms with Crippen LogP contribution in [0.25, 0.3) is 0 Å². The monoisotopic (exact) mass is 287 g/mol. The Labute approximate surface area is 112 Å². The third-order valence-corrected chi connectivity index (χ3v) is 3.49. The van der Waals surface area contributed by atoms with E-state index in [-0.39, 0.29) is 16.5 Å². The molecule has 19 heavy (non-hydrogen) atoms. The molecule has 1 rings (SSSR count). The van der Waals surface area contributed by atoms with Gasteiger partial charge in [-0.25, -0.2) is 13.6 Å². The topological polar surface area (TPSA) is 111 Å². The van der Waals surface area contributed by atoms with Crippen LogP contribution in [0, 0.1) is 0 Å². The Morgan fingerprint density at radius 2 is 2.05 bits per heavy atom. The second-order valence-corrected chi connectivity index (χ2v) is 5.47. The molecule has 7 nitrogen and oxygen atoms in total. The highest BCUT2D eigenvalue weighted by molar-refractivity contribution is 7.89. The van der Waals surface area contributed by atoms with E-state index in [1.165, 1.54) is 25.3 Å². The molecule has 0 saturated heterocycles. The molecule has 0 aliphatic carbocycles. The minimum absolute atomic E-state index is 0.0966. The zero-order chi connectivity index (χ0) is 14.6. The first-order valence-corrected chi connectivity index (χ1v) is 7.03. The molecule has 0 bridgehead atoms. The molecule has 0 aliphatic heterocycles. The van der Waals surface area contributed by atoms with Crippen LogP contribution in [-0.4, -0.2) is 34.5 Å². The summed E-state index contributed by atoms with van der Waals surface area (Å²) in [5, 5.41) is 10.4. The van der Waals surface area contributed by atoms with Crippen molar-refractivity contribution in [3.8, 4) is 5.75 Å². The van der Waals surface area contributed by atoms with Gasteiger partial charge < -0.3 is 15.4 Å². The van der Waals surface area contributed by atoms with Crippen molar-refractivity contribution in [3.05, 3.63) is 18.2 Å². The molecule has 1 aromatic carbocycles. The highest BCUT2D eigenvalue weighted by Gasteiger charge is 2.16. The lowest BCUT2D eigenvalue weighted by Gasteiger charge is -2.14. The Morgan fingerprint density at radius 3 is 2.53 bits per heavy atom. The lowest BCUT2D eigenvalue weighted by Crippen LogP contribution is -2.35. The largest absolute Gasteiger partial charge is 0.495 e. The van der Waals surface area contributed by atoms with Crippen LogP contribution in [0.3, 0.4) is 0 Å². The molecule has 0 aliphatic rings. The number of sulfonamides is 1. The fourth-order valence-corrected chi connectivity index (χ4v) is 1.87. The summed E-state index contributed by atoms with van der Waals surface area (Å²) in [6.07, 6.45) is 0. The van der Waals surface area contributed by atoms with Crippen molar-refractivity contribution >= 4 is 21.6 Å². The SMILES string of the molecule is CNC(C)C(=O)Nc1cc(S(N)(=O)=O)ccc1OC. The normalized spacial score (nSPS) is 12.8. The second-order valence-electron chi connectivity index (χ2n) is 3.91. The third-order valence-electron chi connectivity index (χ3n) is 2.58. The van der Waals surface area contributed by atoms with Gasteiger partial charge in [-0.3, -0.25) is 4.79 Å². The van der Waals surface area contributed by atoms with Crippen molar-refractivity contribution in [1.29, 1.82) is 0 Å². The Bertz CT molecular complexity index is 571. The van der Waals surface area contributed by atoms with Crippen LogP contribution in [0.5, 0.6) is 5.75 Å². The molecule has 1 atom stereocenters. The van der Waals surface area contributed by atoms with Crippen molar-refractivity contribution in [2.45, 2.75) is 17.9 Å². The summed E-state index contributed by atoms with van der Waals surface area (Å²) >= 11 is 0. The Hall–Kier alpha value is -1.64. The van der Waals surface area contributed by atoms with Gasteiger partial charge in [0.25, 0.3) is 0 Å². The number of hydrogen-bond acceptors (Lipinski definition) is 5. The van der Waals surface area contributed by atoms with Crippen molar-refractivity contribution in [1.82, 2.24) is 5.32 Å². The number of nitrogens with two attached hydrogens (primary N) is 1. The number of ether oxygens (including phenoxy) is 1. The van der Waals surface area contributed by atoms with Crippen LogP contribution in [0.4, 0.5) is 5.69 Å². The molecule has 0 heterocycles. The summed E-state index contributed by atoms with van der Waals surface area (Å²) in [4.78, 5) is 11.7. The number of benzene rings is 1. The maximum atomic E-state index is 11.8. The van der Waals surface area contributed by atoms with E-state index in [0.29, 0.717) is 5.75 Å². The number of hydrogen-bond donors (Lipinski definition) is 3. The molecule has 1 unspecified atom stereocenters. The average molecular weight is 287 g/mol. The van der Waals surface area contributed by atoms with E-state index >= 15 is 0 Å². The van der Waals surface area contributed by atoms with E-state index < -0.39 is 16.1 Å². The molecule has 106 valence electrons. The number of likely N-dealkylation sites (N-methyl/N-ethyl adjacent to an activating group) is 1. The Kier molecular flexibility index (Phi) is 4.87. The van der Waals surface area contributed by atoms with Gasteiger partial charge in [-0.2, -0.15) is 0 Å². The van der Waals surface area contributed by atoms with E-state index in [2.05, 4.69) is 10.6 Å². The molecule has 0 aromatic heterocycles. The van der Waals surface area contributed by atoms with Crippen molar-refractivity contribution in [3.63, 3.8) is 0 Å². The summed E-state index contributed by atoms with van der Waals surface area (Å²) in [5.41, 5.74) is 0.251. The van der Waals surface area contributed by atoms with Crippen LogP contribution >= 0.6 is 0 Å². The molecule has 0 fully saturated rings. The Morgan fingerprint density at radius 1 is 1.42 bits per heavy atom. The number of carbonyl (C=O) groups is 1. The molecule has 4 N–H and O–H groups in total. The fourth-order valence-electron chi connectivity index (χ4n) is 1.33. The molecule has 0 saturated carbocycles. The average Bonchev–Trinajstić information content (AvgIpc) is 2.36. The van der Waals surface area contributed by atoms with Gasteiger partial charge in [0, 0.05) is 0 Å². The number of primary sulfonamides is 1. The van der Waals surface area contributed by atoms with Crippen LogP contribution < -0.4 is 20.5 Å². The fraction of sp³-hybridized carbons (Fsp3) is 0.364. The van der Waals surface area contributed by atoms with E-state index in [1.807, 2.05) is 0 Å². The number of amides is 1. The zero-order valence-corrected chi connectivity index (χ0v) is 11.7. The third kappa shape index (κ3) is 3.91. The highest BCUT2D eigenvalue weighted by atomic mass is 32.2. The highest BCUT2D eigenvalue weighted by Crippen LogP contribution is 2.27. The number of anilines is 1. The van der Waals surface area contributed by atoms with Gasteiger partial charge in [-0.15, -0.1) is 0 Å². The first-order valence-electron chi connectivity index (χ1n) is 5.48. The standard InChI is InChI=1S/C11H17N3O4S/c1-7(13-2)11(15)14-9-6-8(19(12,16)17)4-5-10(9)18-3/h4-7,13H,1-3H3,(H,14,15)(H2,12,16,17). The van der Waals surface area contributed by atoms with E-state index in [9.17, 15) is 13.2 Å². The first-order chi connectivity index (χ1) is 8.79. The smallest absolute Gasteiger partial charge is 0.241 e. The second kappa shape index (κ2) is 6.00. The molecule has 0 spiro atoms. The predicted molar refractivity (Wildman–Crippen MR) is 71.5 cm³/mol. The summed E-state index contributed by atoms with van der Waals surface area (Å²) in [6.45, 7) is 1.67. The van der Waals surface area contributed by atoms with Gasteiger partial charge >= 0.3 is 0 Å². The van der Waals surface area contributed by atoms with Gasteiger partial charge in [0.2, 0.25) is 15.9 Å². The molecular formula is C11H17N3O4S. The molecule has 1 amide bonds. The predicted octanol–water partition coefficient (Wildman–Crippen LogP) is -0.111. The van der Waals surface area contributed by atoms with Gasteiger partial charge in [-0.1, -0.05) is 0 Å². The van der Waals surface area contributed by atoms with Gasteiger partial charge in [0.1, 0.15) is 5.75 Å². The van der Waals surface area contributed by atoms with E-state index in [4.69, 9.17) is 9.88 Å². The quantitative estimate of drug-likeness (QED) is 0.699. The molecule has 1 aromatic rings. The summed E-state index contributed by atoms with van der Waals surface area (Å²) in [6, 6.07) is 3.57. The van der Waals surface area contributed by atoms with Crippen LogP contribution in [0.15, 0.2) is 23.1 Å². The maximum absolute atomic E-state index is 11.8. The van der Waals surface area contributed by atoms with E-state index in [0.717, 1.165) is 0 Å². The number of carbonyl (C=O) groups excluding carboxylic acids is 1. The minimum atomic E-state index is -3.83. The number of nitrogens with one attached hydrogen (secondary N) is 2. The maximum Gasteiger partial charge on any atom is 0.241 e. The van der Waals surface area contributed by atoms with Gasteiger partial charge in [0.05, 0.1) is 23.7 Å². The summed E-state index contributed by atoms with van der Waals surface area (Å²) in [7, 11) is -0.774. The van der Waals surface area contributed by atoms with Gasteiger partial charge in [0.15, 0.2) is 0 Å². The summed E-state index contributed by atoms with van der Waals surface area (Å²) < 4.78 is 27.6. The van der Waals surface area contributed by atoms with Crippen LogP contribution in [-0.2, 0) is 14.8 Å². The summed E-state index contributed by atoms with van der Waals surface area (Å²) in [5.74, 6) is 0.0384. The lowest BCUT2D eigenvalue weighted by molar-refractivity contribution is -0.117. The molecule has 8 heteroatoms. The van der Waals surface area contributed by atoms with Gasteiger partial charge in [-0.05, 0) is 32.2 Å². The van der Waals surface area contributed by atoms with Crippen LogP contribution in [0.2, 0.25) is 0 Å². The van der Waals surface area contributed by atoms with E-state index in [1.54, 1.807) is 14.0 Å². The van der Waals surface area contributed by atoms with Crippen molar-refractivity contribution in [2.24, 2.45) is 5.14 Å². The van der Waals surface area contributed by atoms with Crippen molar-refractivity contribution < 1.29 is 17.9 Å². The molecular weight excluding hydrogens is 270 g/mol. The zero-order valence-electron chi connectivity index (χ0n) is 10.9. The Balaban J connectivity index is 3.14. The number of rotatable bonds is 5. The lowest BCUT2D eigenvalue weighted by atomic mass is 10.2. The first kappa shape index (κ1) is 15.4. The van der Waals surface area contributed by atoms with Crippen molar-refractivity contribution in [2.75, 3.05) is 19.5 Å². The minimum Gasteiger partial charge on any atom is -0.495 e. The molecule has 0 radical (unpaired) electrons.